The molecule has 0 atom stereocenters. The van der Waals surface area contributed by atoms with E-state index in [2.05, 4.69) is 46.4 Å². The van der Waals surface area contributed by atoms with Gasteiger partial charge in [0.1, 0.15) is 5.69 Å². The molecular weight excluding hydrogens is 280 g/mol. The van der Waals surface area contributed by atoms with Crippen LogP contribution >= 0.6 is 11.3 Å². The Labute approximate surface area is 128 Å². The standard InChI is InChI=1S/C16H16N4S/c1-11-6-8-12(9-7-11)14-16(20(2)3)17-15(19-18-14)13-5-4-10-21-13/h4-10H,1-3H3. The molecule has 0 bridgehead atoms. The number of benzene rings is 1. The minimum absolute atomic E-state index is 0.671. The number of hydrogen-bond acceptors (Lipinski definition) is 5. The van der Waals surface area contributed by atoms with E-state index in [1.54, 1.807) is 11.3 Å². The van der Waals surface area contributed by atoms with Crippen LogP contribution in [0.2, 0.25) is 0 Å². The van der Waals surface area contributed by atoms with E-state index in [4.69, 9.17) is 0 Å². The Bertz CT molecular complexity index is 733. The summed E-state index contributed by atoms with van der Waals surface area (Å²) in [4.78, 5) is 7.68. The molecule has 0 fully saturated rings. The molecule has 0 spiro atoms. The van der Waals surface area contributed by atoms with Gasteiger partial charge in [0.25, 0.3) is 0 Å². The van der Waals surface area contributed by atoms with Crippen molar-refractivity contribution in [1.82, 2.24) is 15.2 Å². The minimum atomic E-state index is 0.671. The molecule has 0 saturated carbocycles. The van der Waals surface area contributed by atoms with E-state index in [-0.39, 0.29) is 0 Å². The average molecular weight is 296 g/mol. The zero-order chi connectivity index (χ0) is 14.8. The molecule has 5 heteroatoms. The molecule has 106 valence electrons. The highest BCUT2D eigenvalue weighted by Crippen LogP contribution is 2.29. The third-order valence-corrected chi connectivity index (χ3v) is 4.02. The highest BCUT2D eigenvalue weighted by molar-refractivity contribution is 7.13. The number of thiophene rings is 1. The van der Waals surface area contributed by atoms with Gasteiger partial charge in [0.2, 0.25) is 0 Å². The first kappa shape index (κ1) is 13.7. The molecule has 0 aliphatic carbocycles. The highest BCUT2D eigenvalue weighted by Gasteiger charge is 2.14. The van der Waals surface area contributed by atoms with Crippen LogP contribution in [0.4, 0.5) is 5.82 Å². The Morgan fingerprint density at radius 1 is 1.00 bits per heavy atom. The predicted octanol–water partition coefficient (Wildman–Crippen LogP) is 3.64. The summed E-state index contributed by atoms with van der Waals surface area (Å²) in [6.45, 7) is 2.07. The second kappa shape index (κ2) is 5.61. The van der Waals surface area contributed by atoms with E-state index >= 15 is 0 Å². The van der Waals surface area contributed by atoms with Crippen LogP contribution in [-0.4, -0.2) is 29.3 Å². The molecule has 3 rings (SSSR count). The predicted molar refractivity (Wildman–Crippen MR) is 87.6 cm³/mol. The molecule has 0 unspecified atom stereocenters. The van der Waals surface area contributed by atoms with Gasteiger partial charge in [-0.15, -0.1) is 21.5 Å². The third-order valence-electron chi connectivity index (χ3n) is 3.16. The molecular formula is C16H16N4S. The van der Waals surface area contributed by atoms with Crippen LogP contribution in [0.5, 0.6) is 0 Å². The maximum Gasteiger partial charge on any atom is 0.193 e. The van der Waals surface area contributed by atoms with Crippen LogP contribution in [0.25, 0.3) is 22.0 Å². The second-order valence-corrected chi connectivity index (χ2v) is 5.99. The zero-order valence-corrected chi connectivity index (χ0v) is 13.1. The average Bonchev–Trinajstić information content (AvgIpc) is 3.02. The van der Waals surface area contributed by atoms with Crippen molar-refractivity contribution < 1.29 is 0 Å². The number of rotatable bonds is 3. The first-order valence-electron chi connectivity index (χ1n) is 6.68. The van der Waals surface area contributed by atoms with Gasteiger partial charge < -0.3 is 4.90 Å². The summed E-state index contributed by atoms with van der Waals surface area (Å²) in [6, 6.07) is 12.3. The molecule has 0 aliphatic heterocycles. The Hall–Kier alpha value is -2.27. The minimum Gasteiger partial charge on any atom is -0.361 e. The fraction of sp³-hybridized carbons (Fsp3) is 0.188. The summed E-state index contributed by atoms with van der Waals surface area (Å²) in [7, 11) is 3.94. The van der Waals surface area contributed by atoms with E-state index in [9.17, 15) is 0 Å². The topological polar surface area (TPSA) is 41.9 Å². The van der Waals surface area contributed by atoms with E-state index in [1.165, 1.54) is 5.56 Å². The van der Waals surface area contributed by atoms with Gasteiger partial charge in [-0.1, -0.05) is 35.9 Å². The molecule has 1 aromatic carbocycles. The van der Waals surface area contributed by atoms with Crippen molar-refractivity contribution in [2.24, 2.45) is 0 Å². The van der Waals surface area contributed by atoms with E-state index in [0.717, 1.165) is 22.0 Å². The molecule has 4 nitrogen and oxygen atoms in total. The van der Waals surface area contributed by atoms with E-state index < -0.39 is 0 Å². The zero-order valence-electron chi connectivity index (χ0n) is 12.2. The van der Waals surface area contributed by atoms with Crippen molar-refractivity contribution in [3.8, 4) is 22.0 Å². The van der Waals surface area contributed by atoms with Crippen molar-refractivity contribution in [1.29, 1.82) is 0 Å². The van der Waals surface area contributed by atoms with Crippen LogP contribution in [0.3, 0.4) is 0 Å². The first-order valence-corrected chi connectivity index (χ1v) is 7.56. The number of aromatic nitrogens is 3. The molecule has 2 heterocycles. The van der Waals surface area contributed by atoms with E-state index in [0.29, 0.717) is 5.82 Å². The summed E-state index contributed by atoms with van der Waals surface area (Å²) in [5, 5.41) is 10.7. The monoisotopic (exact) mass is 296 g/mol. The molecule has 0 aliphatic rings. The molecule has 0 saturated heterocycles. The lowest BCUT2D eigenvalue weighted by Crippen LogP contribution is -2.14. The maximum absolute atomic E-state index is 4.68. The van der Waals surface area contributed by atoms with Gasteiger partial charge in [0.05, 0.1) is 4.88 Å². The van der Waals surface area contributed by atoms with Gasteiger partial charge >= 0.3 is 0 Å². The van der Waals surface area contributed by atoms with Crippen LogP contribution < -0.4 is 4.90 Å². The van der Waals surface area contributed by atoms with Crippen LogP contribution in [0.1, 0.15) is 5.56 Å². The summed E-state index contributed by atoms with van der Waals surface area (Å²) < 4.78 is 0. The lowest BCUT2D eigenvalue weighted by atomic mass is 10.1. The lowest BCUT2D eigenvalue weighted by Gasteiger charge is -2.15. The van der Waals surface area contributed by atoms with Gasteiger partial charge in [-0.2, -0.15) is 0 Å². The van der Waals surface area contributed by atoms with Crippen LogP contribution in [0.15, 0.2) is 41.8 Å². The Kier molecular flexibility index (Phi) is 3.66. The number of hydrogen-bond donors (Lipinski definition) is 0. The Balaban J connectivity index is 2.11. The van der Waals surface area contributed by atoms with E-state index in [1.807, 2.05) is 36.5 Å². The summed E-state index contributed by atoms with van der Waals surface area (Å²) in [5.74, 6) is 1.50. The van der Waals surface area contributed by atoms with Crippen molar-refractivity contribution >= 4 is 17.2 Å². The lowest BCUT2D eigenvalue weighted by molar-refractivity contribution is 0.953. The van der Waals surface area contributed by atoms with Crippen molar-refractivity contribution in [3.63, 3.8) is 0 Å². The van der Waals surface area contributed by atoms with Gasteiger partial charge in [-0.25, -0.2) is 4.98 Å². The summed E-state index contributed by atoms with van der Waals surface area (Å²) in [5.41, 5.74) is 3.06. The van der Waals surface area contributed by atoms with Gasteiger partial charge in [-0.05, 0) is 18.4 Å². The number of anilines is 1. The normalized spacial score (nSPS) is 10.6. The molecule has 0 N–H and O–H groups in total. The van der Waals surface area contributed by atoms with Gasteiger partial charge in [-0.3, -0.25) is 0 Å². The molecule has 3 aromatic rings. The quantitative estimate of drug-likeness (QED) is 0.740. The Morgan fingerprint density at radius 2 is 1.76 bits per heavy atom. The van der Waals surface area contributed by atoms with Crippen molar-refractivity contribution in [2.45, 2.75) is 6.92 Å². The number of nitrogens with zero attached hydrogens (tertiary/aromatic N) is 4. The van der Waals surface area contributed by atoms with Crippen LogP contribution in [-0.2, 0) is 0 Å². The fourth-order valence-electron chi connectivity index (χ4n) is 2.04. The SMILES string of the molecule is Cc1ccc(-c2nnc(-c3cccs3)nc2N(C)C)cc1. The molecule has 0 radical (unpaired) electrons. The van der Waals surface area contributed by atoms with Crippen molar-refractivity contribution in [3.05, 3.63) is 47.3 Å². The summed E-state index contributed by atoms with van der Waals surface area (Å²) in [6.07, 6.45) is 0. The van der Waals surface area contributed by atoms with Crippen molar-refractivity contribution in [2.75, 3.05) is 19.0 Å². The highest BCUT2D eigenvalue weighted by atomic mass is 32.1. The van der Waals surface area contributed by atoms with Gasteiger partial charge in [0.15, 0.2) is 11.6 Å². The molecule has 0 amide bonds. The van der Waals surface area contributed by atoms with Crippen LogP contribution in [0, 0.1) is 6.92 Å². The summed E-state index contributed by atoms with van der Waals surface area (Å²) >= 11 is 1.62. The first-order chi connectivity index (χ1) is 10.1. The third kappa shape index (κ3) is 2.78. The largest absolute Gasteiger partial charge is 0.361 e. The Morgan fingerprint density at radius 3 is 2.38 bits per heavy atom. The van der Waals surface area contributed by atoms with Gasteiger partial charge in [0, 0.05) is 19.7 Å². The smallest absolute Gasteiger partial charge is 0.193 e. The second-order valence-electron chi connectivity index (χ2n) is 5.05. The maximum atomic E-state index is 4.68. The fourth-order valence-corrected chi connectivity index (χ4v) is 2.69. The molecule has 21 heavy (non-hydrogen) atoms. The number of aryl methyl sites for hydroxylation is 1. The molecule has 2 aromatic heterocycles.